The smallest absolute Gasteiger partial charge is 0.0545 e. The van der Waals surface area contributed by atoms with Crippen LogP contribution in [0, 0.1) is 5.92 Å². The molecule has 1 heteroatoms. The molecular formula is C9H18O. The van der Waals surface area contributed by atoms with E-state index in [-0.39, 0.29) is 6.10 Å². The Morgan fingerprint density at radius 3 is 2.60 bits per heavy atom. The zero-order chi connectivity index (χ0) is 7.98. The maximum Gasteiger partial charge on any atom is 0.0545 e. The van der Waals surface area contributed by atoms with E-state index in [1.165, 1.54) is 0 Å². The maximum absolute atomic E-state index is 9.30. The number of hydrogen-bond acceptors (Lipinski definition) is 1. The minimum atomic E-state index is -0.127. The predicted octanol–water partition coefficient (Wildman–Crippen LogP) is 2.36. The second-order valence-electron chi connectivity index (χ2n) is 2.89. The molecule has 10 heavy (non-hydrogen) atoms. The SMILES string of the molecule is C=C[C@H](C)C[C@H](O)CCC. The van der Waals surface area contributed by atoms with E-state index in [4.69, 9.17) is 0 Å². The third-order valence-electron chi connectivity index (χ3n) is 1.67. The van der Waals surface area contributed by atoms with E-state index in [2.05, 4.69) is 20.4 Å². The van der Waals surface area contributed by atoms with E-state index in [1.54, 1.807) is 0 Å². The molecule has 0 radical (unpaired) electrons. The highest BCUT2D eigenvalue weighted by atomic mass is 16.3. The molecule has 0 aromatic heterocycles. The second-order valence-corrected chi connectivity index (χ2v) is 2.89. The van der Waals surface area contributed by atoms with Crippen molar-refractivity contribution in [2.75, 3.05) is 0 Å². The largest absolute Gasteiger partial charge is 0.393 e. The quantitative estimate of drug-likeness (QED) is 0.584. The van der Waals surface area contributed by atoms with Crippen molar-refractivity contribution in [3.63, 3.8) is 0 Å². The van der Waals surface area contributed by atoms with Crippen LogP contribution >= 0.6 is 0 Å². The van der Waals surface area contributed by atoms with Crippen LogP contribution in [-0.4, -0.2) is 11.2 Å². The Bertz CT molecular complexity index is 88.7. The van der Waals surface area contributed by atoms with E-state index >= 15 is 0 Å². The Labute approximate surface area is 63.8 Å². The fourth-order valence-corrected chi connectivity index (χ4v) is 0.976. The van der Waals surface area contributed by atoms with Gasteiger partial charge in [-0.15, -0.1) is 6.58 Å². The summed E-state index contributed by atoms with van der Waals surface area (Å²) in [7, 11) is 0. The van der Waals surface area contributed by atoms with Gasteiger partial charge in [-0.1, -0.05) is 26.3 Å². The Morgan fingerprint density at radius 2 is 2.20 bits per heavy atom. The van der Waals surface area contributed by atoms with Gasteiger partial charge in [-0.25, -0.2) is 0 Å². The molecule has 0 saturated carbocycles. The zero-order valence-corrected chi connectivity index (χ0v) is 7.01. The molecule has 0 bridgehead atoms. The van der Waals surface area contributed by atoms with Gasteiger partial charge in [0.2, 0.25) is 0 Å². The molecule has 0 saturated heterocycles. The molecule has 0 aliphatic heterocycles. The lowest BCUT2D eigenvalue weighted by molar-refractivity contribution is 0.143. The molecule has 0 aliphatic rings. The van der Waals surface area contributed by atoms with Gasteiger partial charge in [0.05, 0.1) is 6.10 Å². The summed E-state index contributed by atoms with van der Waals surface area (Å²) in [4.78, 5) is 0. The summed E-state index contributed by atoms with van der Waals surface area (Å²) in [6, 6.07) is 0. The molecule has 0 spiro atoms. The number of hydrogen-bond donors (Lipinski definition) is 1. The van der Waals surface area contributed by atoms with Crippen molar-refractivity contribution in [1.29, 1.82) is 0 Å². The van der Waals surface area contributed by atoms with E-state index in [1.807, 2.05) is 6.08 Å². The number of aliphatic hydroxyl groups is 1. The van der Waals surface area contributed by atoms with Gasteiger partial charge >= 0.3 is 0 Å². The van der Waals surface area contributed by atoms with Crippen molar-refractivity contribution >= 4 is 0 Å². The molecular weight excluding hydrogens is 124 g/mol. The molecule has 0 rings (SSSR count). The lowest BCUT2D eigenvalue weighted by Crippen LogP contribution is -2.09. The highest BCUT2D eigenvalue weighted by molar-refractivity contribution is 4.77. The minimum absolute atomic E-state index is 0.127. The van der Waals surface area contributed by atoms with Gasteiger partial charge in [-0.2, -0.15) is 0 Å². The summed E-state index contributed by atoms with van der Waals surface area (Å²) in [5.74, 6) is 0.446. The monoisotopic (exact) mass is 142 g/mol. The molecule has 0 heterocycles. The van der Waals surface area contributed by atoms with Gasteiger partial charge in [-0.3, -0.25) is 0 Å². The van der Waals surface area contributed by atoms with Crippen LogP contribution in [0.4, 0.5) is 0 Å². The van der Waals surface area contributed by atoms with Crippen molar-refractivity contribution in [2.45, 2.75) is 39.2 Å². The van der Waals surface area contributed by atoms with E-state index in [9.17, 15) is 5.11 Å². The first kappa shape index (κ1) is 9.70. The summed E-state index contributed by atoms with van der Waals surface area (Å²) in [6.45, 7) is 7.82. The third kappa shape index (κ3) is 4.57. The van der Waals surface area contributed by atoms with Crippen LogP contribution in [-0.2, 0) is 0 Å². The molecule has 1 N–H and O–H groups in total. The molecule has 2 atom stereocenters. The molecule has 0 aromatic rings. The number of rotatable bonds is 5. The first-order valence-electron chi connectivity index (χ1n) is 4.01. The fourth-order valence-electron chi connectivity index (χ4n) is 0.976. The summed E-state index contributed by atoms with van der Waals surface area (Å²) >= 11 is 0. The topological polar surface area (TPSA) is 20.2 Å². The van der Waals surface area contributed by atoms with Gasteiger partial charge < -0.3 is 5.11 Å². The lowest BCUT2D eigenvalue weighted by Gasteiger charge is -2.11. The Kier molecular flexibility index (Phi) is 5.32. The van der Waals surface area contributed by atoms with Crippen molar-refractivity contribution < 1.29 is 5.11 Å². The first-order valence-corrected chi connectivity index (χ1v) is 4.01. The zero-order valence-electron chi connectivity index (χ0n) is 7.01. The summed E-state index contributed by atoms with van der Waals surface area (Å²) < 4.78 is 0. The minimum Gasteiger partial charge on any atom is -0.393 e. The van der Waals surface area contributed by atoms with Gasteiger partial charge in [0.1, 0.15) is 0 Å². The average Bonchev–Trinajstić information content (AvgIpc) is 1.88. The predicted molar refractivity (Wildman–Crippen MR) is 44.9 cm³/mol. The van der Waals surface area contributed by atoms with E-state index in [0.717, 1.165) is 19.3 Å². The average molecular weight is 142 g/mol. The van der Waals surface area contributed by atoms with Crippen LogP contribution in [0.1, 0.15) is 33.1 Å². The maximum atomic E-state index is 9.30. The molecule has 0 aromatic carbocycles. The Balaban J connectivity index is 3.36. The molecule has 60 valence electrons. The standard InChI is InChI=1S/C9H18O/c1-4-6-9(10)7-8(3)5-2/h5,8-10H,2,4,6-7H2,1,3H3/t8-,9+/m0/s1. The summed E-state index contributed by atoms with van der Waals surface area (Å²) in [5.41, 5.74) is 0. The van der Waals surface area contributed by atoms with Crippen molar-refractivity contribution in [3.8, 4) is 0 Å². The van der Waals surface area contributed by atoms with Crippen molar-refractivity contribution in [2.24, 2.45) is 5.92 Å². The highest BCUT2D eigenvalue weighted by Gasteiger charge is 2.05. The molecule has 0 amide bonds. The molecule has 0 fully saturated rings. The second kappa shape index (κ2) is 5.48. The Hall–Kier alpha value is -0.300. The number of allylic oxidation sites excluding steroid dienone is 1. The molecule has 0 aliphatic carbocycles. The van der Waals surface area contributed by atoms with Crippen LogP contribution in [0.3, 0.4) is 0 Å². The van der Waals surface area contributed by atoms with Gasteiger partial charge in [-0.05, 0) is 18.8 Å². The van der Waals surface area contributed by atoms with Crippen LogP contribution in [0.15, 0.2) is 12.7 Å². The van der Waals surface area contributed by atoms with Gasteiger partial charge in [0, 0.05) is 0 Å². The van der Waals surface area contributed by atoms with Gasteiger partial charge in [0.25, 0.3) is 0 Å². The summed E-state index contributed by atoms with van der Waals surface area (Å²) in [5, 5.41) is 9.30. The van der Waals surface area contributed by atoms with E-state index < -0.39 is 0 Å². The van der Waals surface area contributed by atoms with E-state index in [0.29, 0.717) is 5.92 Å². The lowest BCUT2D eigenvalue weighted by atomic mass is 10.0. The molecule has 1 nitrogen and oxygen atoms in total. The van der Waals surface area contributed by atoms with Crippen molar-refractivity contribution in [3.05, 3.63) is 12.7 Å². The normalized spacial score (nSPS) is 16.3. The first-order chi connectivity index (χ1) is 4.70. The molecule has 0 unspecified atom stereocenters. The van der Waals surface area contributed by atoms with Crippen molar-refractivity contribution in [1.82, 2.24) is 0 Å². The summed E-state index contributed by atoms with van der Waals surface area (Å²) in [6.07, 6.45) is 4.59. The Morgan fingerprint density at radius 1 is 1.60 bits per heavy atom. The third-order valence-corrected chi connectivity index (χ3v) is 1.67. The van der Waals surface area contributed by atoms with Crippen LogP contribution in [0.25, 0.3) is 0 Å². The number of aliphatic hydroxyl groups excluding tert-OH is 1. The van der Waals surface area contributed by atoms with Crippen LogP contribution < -0.4 is 0 Å². The van der Waals surface area contributed by atoms with Gasteiger partial charge in [0.15, 0.2) is 0 Å². The van der Waals surface area contributed by atoms with Crippen LogP contribution in [0.2, 0.25) is 0 Å². The fraction of sp³-hybridized carbons (Fsp3) is 0.778. The highest BCUT2D eigenvalue weighted by Crippen LogP contribution is 2.10. The van der Waals surface area contributed by atoms with Crippen LogP contribution in [0.5, 0.6) is 0 Å².